The van der Waals surface area contributed by atoms with Crippen molar-refractivity contribution in [2.24, 2.45) is 0 Å². The van der Waals surface area contributed by atoms with Crippen LogP contribution in [0.2, 0.25) is 5.02 Å². The van der Waals surface area contributed by atoms with Gasteiger partial charge in [0.25, 0.3) is 0 Å². The molecule has 2 heterocycles. The normalized spacial score (nSPS) is 26.3. The Labute approximate surface area is 191 Å². The van der Waals surface area contributed by atoms with Crippen molar-refractivity contribution in [3.63, 3.8) is 0 Å². The van der Waals surface area contributed by atoms with E-state index < -0.39 is 24.4 Å². The molecule has 0 radical (unpaired) electrons. The molecule has 0 saturated carbocycles. The fourth-order valence-corrected chi connectivity index (χ4v) is 4.27. The molecule has 2 aromatic rings. The Hall–Kier alpha value is -2.45. The van der Waals surface area contributed by atoms with E-state index in [1.807, 2.05) is 12.1 Å². The Kier molecular flexibility index (Phi) is 6.53. The van der Waals surface area contributed by atoms with Gasteiger partial charge in [-0.15, -0.1) is 0 Å². The number of benzene rings is 2. The van der Waals surface area contributed by atoms with Crippen LogP contribution in [-0.4, -0.2) is 52.0 Å². The summed E-state index contributed by atoms with van der Waals surface area (Å²) in [6.07, 6.45) is -4.62. The maximum Gasteiger partial charge on any atom is 0.180 e. The van der Waals surface area contributed by atoms with E-state index in [2.05, 4.69) is 26.0 Å². The molecule has 4 atom stereocenters. The van der Waals surface area contributed by atoms with Gasteiger partial charge < -0.3 is 34.6 Å². The van der Waals surface area contributed by atoms with Crippen molar-refractivity contribution in [2.75, 3.05) is 13.2 Å². The molecule has 2 aliphatic rings. The lowest BCUT2D eigenvalue weighted by Crippen LogP contribution is -2.48. The molecule has 8 heteroatoms. The van der Waals surface area contributed by atoms with E-state index in [0.29, 0.717) is 47.3 Å². The number of fused-ring (bicyclic) bond motifs is 1. The van der Waals surface area contributed by atoms with E-state index in [-0.39, 0.29) is 12.4 Å². The zero-order valence-electron chi connectivity index (χ0n) is 17.9. The molecule has 32 heavy (non-hydrogen) atoms. The first-order valence-electron chi connectivity index (χ1n) is 10.6. The van der Waals surface area contributed by atoms with Crippen molar-refractivity contribution >= 4 is 11.6 Å². The van der Waals surface area contributed by atoms with Crippen molar-refractivity contribution < 1.29 is 34.6 Å². The summed E-state index contributed by atoms with van der Waals surface area (Å²) in [5.41, 5.74) is 3.41. The monoisotopic (exact) mass is 462 g/mol. The third kappa shape index (κ3) is 4.13. The Morgan fingerprint density at radius 3 is 2.31 bits per heavy atom. The molecule has 0 amide bonds. The van der Waals surface area contributed by atoms with E-state index in [4.69, 9.17) is 25.8 Å². The lowest BCUT2D eigenvalue weighted by Gasteiger charge is -2.38. The fraction of sp³-hybridized carbons (Fsp3) is 0.417. The second-order valence-electron chi connectivity index (χ2n) is 8.36. The summed E-state index contributed by atoms with van der Waals surface area (Å²) in [6.45, 7) is 4.86. The SMILES string of the molecule is CC(C)c1ccc(Cc2cc([C@@H]3O/C(=C/O)[C@@H](O)[C@H](O)[C@H]3O)c3c(c2Cl)OCCO3)cc1. The Balaban J connectivity index is 1.76. The predicted octanol–water partition coefficient (Wildman–Crippen LogP) is 3.38. The number of aliphatic hydroxyl groups excluding tert-OH is 4. The van der Waals surface area contributed by atoms with E-state index in [1.54, 1.807) is 6.07 Å². The lowest BCUT2D eigenvalue weighted by atomic mass is 9.90. The molecule has 172 valence electrons. The largest absolute Gasteiger partial charge is 0.512 e. The van der Waals surface area contributed by atoms with Crippen molar-refractivity contribution in [1.29, 1.82) is 0 Å². The van der Waals surface area contributed by atoms with E-state index in [9.17, 15) is 20.4 Å². The summed E-state index contributed by atoms with van der Waals surface area (Å²) in [4.78, 5) is 0. The molecule has 1 saturated heterocycles. The quantitative estimate of drug-likeness (QED) is 0.516. The third-order valence-electron chi connectivity index (χ3n) is 5.87. The molecular weight excluding hydrogens is 436 g/mol. The molecule has 0 aromatic heterocycles. The Morgan fingerprint density at radius 1 is 1.03 bits per heavy atom. The second kappa shape index (κ2) is 9.19. The molecule has 2 aromatic carbocycles. The predicted molar refractivity (Wildman–Crippen MR) is 118 cm³/mol. The molecule has 0 bridgehead atoms. The van der Waals surface area contributed by atoms with Crippen LogP contribution in [0, 0.1) is 0 Å². The van der Waals surface area contributed by atoms with Gasteiger partial charge in [-0.3, -0.25) is 0 Å². The first-order chi connectivity index (χ1) is 15.3. The highest BCUT2D eigenvalue weighted by Crippen LogP contribution is 2.48. The number of hydrogen-bond donors (Lipinski definition) is 4. The van der Waals surface area contributed by atoms with Crippen LogP contribution in [0.4, 0.5) is 0 Å². The first-order valence-corrected chi connectivity index (χ1v) is 10.9. The minimum Gasteiger partial charge on any atom is -0.512 e. The molecule has 4 N–H and O–H groups in total. The van der Waals surface area contributed by atoms with Crippen LogP contribution in [0.5, 0.6) is 11.5 Å². The minimum absolute atomic E-state index is 0.251. The number of aliphatic hydroxyl groups is 4. The van der Waals surface area contributed by atoms with Crippen molar-refractivity contribution in [1.82, 2.24) is 0 Å². The van der Waals surface area contributed by atoms with Crippen molar-refractivity contribution in [3.8, 4) is 11.5 Å². The molecule has 0 spiro atoms. The smallest absolute Gasteiger partial charge is 0.180 e. The summed E-state index contributed by atoms with van der Waals surface area (Å²) in [7, 11) is 0. The highest BCUT2D eigenvalue weighted by atomic mass is 35.5. The van der Waals surface area contributed by atoms with Gasteiger partial charge in [0.15, 0.2) is 23.4 Å². The topological polar surface area (TPSA) is 109 Å². The number of hydrogen-bond acceptors (Lipinski definition) is 7. The van der Waals surface area contributed by atoms with Gasteiger partial charge in [-0.05, 0) is 35.1 Å². The van der Waals surface area contributed by atoms with Crippen molar-refractivity contribution in [2.45, 2.75) is 50.6 Å². The van der Waals surface area contributed by atoms with Crippen LogP contribution >= 0.6 is 11.6 Å². The molecule has 4 rings (SSSR count). The van der Waals surface area contributed by atoms with Gasteiger partial charge in [0.1, 0.15) is 37.8 Å². The van der Waals surface area contributed by atoms with Crippen molar-refractivity contribution in [3.05, 3.63) is 69.6 Å². The third-order valence-corrected chi connectivity index (χ3v) is 6.28. The van der Waals surface area contributed by atoms with Gasteiger partial charge in [-0.1, -0.05) is 49.7 Å². The van der Waals surface area contributed by atoms with E-state index in [0.717, 1.165) is 11.1 Å². The molecule has 7 nitrogen and oxygen atoms in total. The number of halogens is 1. The average molecular weight is 463 g/mol. The maximum absolute atomic E-state index is 10.6. The molecule has 0 unspecified atom stereocenters. The van der Waals surface area contributed by atoms with Crippen LogP contribution in [0.25, 0.3) is 0 Å². The summed E-state index contributed by atoms with van der Waals surface area (Å²) in [6, 6.07) is 9.99. The molecule has 0 aliphatic carbocycles. The van der Waals surface area contributed by atoms with Gasteiger partial charge >= 0.3 is 0 Å². The van der Waals surface area contributed by atoms with Gasteiger partial charge in [0.05, 0.1) is 5.02 Å². The lowest BCUT2D eigenvalue weighted by molar-refractivity contribution is -0.159. The Morgan fingerprint density at radius 2 is 1.69 bits per heavy atom. The number of rotatable bonds is 4. The van der Waals surface area contributed by atoms with Crippen LogP contribution in [0.15, 0.2) is 42.4 Å². The maximum atomic E-state index is 10.6. The standard InChI is InChI=1S/C24H27ClO7/c1-12(2)14-5-3-13(4-6-14)9-15-10-16(23-24(18(15)25)31-8-7-30-23)22-21(29)20(28)19(27)17(11-26)32-22/h3-6,10-12,19-22,26-29H,7-9H2,1-2H3/b17-11+/t19-,20+,21-,22+/m1/s1. The minimum atomic E-state index is -1.56. The van der Waals surface area contributed by atoms with Gasteiger partial charge in [-0.25, -0.2) is 0 Å². The Bertz CT molecular complexity index is 1000. The van der Waals surface area contributed by atoms with Gasteiger partial charge in [0.2, 0.25) is 0 Å². The summed E-state index contributed by atoms with van der Waals surface area (Å²) < 4.78 is 17.2. The van der Waals surface area contributed by atoms with Crippen LogP contribution in [-0.2, 0) is 11.2 Å². The highest BCUT2D eigenvalue weighted by molar-refractivity contribution is 6.33. The van der Waals surface area contributed by atoms with Crippen LogP contribution < -0.4 is 9.47 Å². The van der Waals surface area contributed by atoms with Gasteiger partial charge in [0, 0.05) is 5.56 Å². The summed E-state index contributed by atoms with van der Waals surface area (Å²) in [5, 5.41) is 40.8. The number of ether oxygens (including phenoxy) is 3. The van der Waals surface area contributed by atoms with E-state index in [1.165, 1.54) is 5.56 Å². The summed E-state index contributed by atoms with van der Waals surface area (Å²) >= 11 is 6.66. The second-order valence-corrected chi connectivity index (χ2v) is 8.74. The zero-order chi connectivity index (χ0) is 23.0. The molecular formula is C24H27ClO7. The highest BCUT2D eigenvalue weighted by Gasteiger charge is 2.44. The van der Waals surface area contributed by atoms with Crippen LogP contribution in [0.3, 0.4) is 0 Å². The van der Waals surface area contributed by atoms with Crippen LogP contribution in [0.1, 0.15) is 48.1 Å². The average Bonchev–Trinajstić information content (AvgIpc) is 2.80. The van der Waals surface area contributed by atoms with Gasteiger partial charge in [-0.2, -0.15) is 0 Å². The fourth-order valence-electron chi connectivity index (χ4n) is 4.01. The molecule has 2 aliphatic heterocycles. The van der Waals surface area contributed by atoms with E-state index >= 15 is 0 Å². The summed E-state index contributed by atoms with van der Waals surface area (Å²) in [5.74, 6) is 0.827. The first kappa shape index (κ1) is 22.7. The molecule has 1 fully saturated rings. The zero-order valence-corrected chi connectivity index (χ0v) is 18.6.